The Morgan fingerprint density at radius 3 is 1.20 bits per heavy atom. The molecule has 498 valence electrons. The van der Waals surface area contributed by atoms with E-state index in [1.165, 1.54) is 161 Å². The number of carbonyl (C=O) groups is 1. The lowest BCUT2D eigenvalue weighted by Crippen LogP contribution is -2.66. The van der Waals surface area contributed by atoms with Crippen molar-refractivity contribution in [1.29, 1.82) is 0 Å². The molecule has 3 aliphatic heterocycles. The molecule has 85 heavy (non-hydrogen) atoms. The molecule has 0 bridgehead atoms. The van der Waals surface area contributed by atoms with Crippen LogP contribution in [0, 0.1) is 0 Å². The number of aliphatic hydroxyl groups is 11. The second kappa shape index (κ2) is 48.8. The Morgan fingerprint density at radius 2 is 0.776 bits per heavy atom. The molecule has 19 nitrogen and oxygen atoms in total. The van der Waals surface area contributed by atoms with Crippen molar-refractivity contribution in [2.45, 2.75) is 349 Å². The quantitative estimate of drug-likeness (QED) is 0.0202. The number of rotatable bonds is 51. The minimum Gasteiger partial charge on any atom is -0.394 e. The van der Waals surface area contributed by atoms with Crippen molar-refractivity contribution in [3.05, 3.63) is 36.5 Å². The summed E-state index contributed by atoms with van der Waals surface area (Å²) in [6, 6.07) is -0.974. The van der Waals surface area contributed by atoms with Crippen LogP contribution < -0.4 is 5.32 Å². The average Bonchev–Trinajstić information content (AvgIpc) is 3.64. The van der Waals surface area contributed by atoms with E-state index in [9.17, 15) is 61.0 Å². The van der Waals surface area contributed by atoms with E-state index in [1.807, 2.05) is 6.08 Å². The van der Waals surface area contributed by atoms with Gasteiger partial charge in [0.2, 0.25) is 5.91 Å². The highest BCUT2D eigenvalue weighted by atomic mass is 16.8. The Hall–Kier alpha value is -1.99. The van der Waals surface area contributed by atoms with Crippen LogP contribution in [0.5, 0.6) is 0 Å². The first-order valence-electron chi connectivity index (χ1n) is 33.7. The molecule has 0 aromatic rings. The largest absolute Gasteiger partial charge is 0.394 e. The first-order chi connectivity index (χ1) is 41.3. The third-order valence-corrected chi connectivity index (χ3v) is 16.9. The topological polar surface area (TPSA) is 307 Å². The second-order valence-corrected chi connectivity index (χ2v) is 24.3. The number of nitrogens with one attached hydrogen (secondary N) is 1. The van der Waals surface area contributed by atoms with E-state index >= 15 is 0 Å². The van der Waals surface area contributed by atoms with Crippen molar-refractivity contribution in [1.82, 2.24) is 5.32 Å². The summed E-state index contributed by atoms with van der Waals surface area (Å²) in [5.74, 6) is -0.277. The predicted octanol–water partition coefficient (Wildman–Crippen LogP) is 8.05. The summed E-state index contributed by atoms with van der Waals surface area (Å²) >= 11 is 0. The van der Waals surface area contributed by atoms with Crippen LogP contribution >= 0.6 is 0 Å². The average molecular weight is 1220 g/mol. The zero-order chi connectivity index (χ0) is 61.9. The molecule has 1 amide bonds. The van der Waals surface area contributed by atoms with Crippen molar-refractivity contribution in [2.24, 2.45) is 0 Å². The fourth-order valence-electron chi connectivity index (χ4n) is 11.4. The third-order valence-electron chi connectivity index (χ3n) is 16.9. The molecule has 0 spiro atoms. The van der Waals surface area contributed by atoms with E-state index in [0.29, 0.717) is 6.42 Å². The van der Waals surface area contributed by atoms with Gasteiger partial charge in [-0.15, -0.1) is 0 Å². The standard InChI is InChI=1S/C66H121NO18/c1-3-5-7-9-11-13-15-17-19-21-22-23-24-25-26-28-30-32-34-36-38-40-42-44-54(72)67-49(50(71)43-41-39-37-35-33-31-29-27-20-18-16-14-12-10-8-6-4-2)48-80-64-60(78)57(75)62(52(46-69)82-64)85-66-61(79)58(76)63(53(47-70)83-66)84-65-59(77)56(74)55(73)51(45-68)81-65/h15,17,21-22,41,43,49-53,55-66,68-71,73-79H,3-14,16,18-20,23-40,42,44-48H2,1-2H3,(H,67,72)/b17-15-,22-21-,43-41+. The van der Waals surface area contributed by atoms with Crippen molar-refractivity contribution in [3.8, 4) is 0 Å². The van der Waals surface area contributed by atoms with E-state index in [1.54, 1.807) is 6.08 Å². The van der Waals surface area contributed by atoms with Gasteiger partial charge in [-0.05, 0) is 51.4 Å². The Kier molecular flexibility index (Phi) is 44.4. The third kappa shape index (κ3) is 31.5. The zero-order valence-corrected chi connectivity index (χ0v) is 52.3. The summed E-state index contributed by atoms with van der Waals surface area (Å²) in [7, 11) is 0. The van der Waals surface area contributed by atoms with Crippen LogP contribution in [0.2, 0.25) is 0 Å². The fourth-order valence-corrected chi connectivity index (χ4v) is 11.4. The molecule has 17 unspecified atom stereocenters. The number of amides is 1. The Bertz CT molecular complexity index is 1690. The first-order valence-corrected chi connectivity index (χ1v) is 33.7. The number of allylic oxidation sites excluding steroid dienone is 5. The SMILES string of the molecule is CCCCCCC/C=C\C/C=C\CCCCCCCCCCCCCC(=O)NC(COC1OC(CO)C(OC2OC(CO)C(OC3OC(CO)C(O)C(O)C3O)C(O)C2O)C(O)C1O)C(O)/C=C/CCCCCCCCCCCCCCCCC. The molecule has 0 aromatic heterocycles. The van der Waals surface area contributed by atoms with Crippen LogP contribution in [0.3, 0.4) is 0 Å². The maximum absolute atomic E-state index is 13.4. The van der Waals surface area contributed by atoms with Crippen LogP contribution in [0.15, 0.2) is 36.5 Å². The summed E-state index contributed by atoms with van der Waals surface area (Å²) < 4.78 is 34.3. The number of unbranched alkanes of at least 4 members (excludes halogenated alkanes) is 31. The molecular weight excluding hydrogens is 1090 g/mol. The molecular formula is C66H121NO18. The molecule has 0 aliphatic carbocycles. The summed E-state index contributed by atoms with van der Waals surface area (Å²) in [6.45, 7) is 1.73. The number of carbonyl (C=O) groups excluding carboxylic acids is 1. The Morgan fingerprint density at radius 1 is 0.424 bits per heavy atom. The van der Waals surface area contributed by atoms with E-state index < -0.39 is 124 Å². The highest BCUT2D eigenvalue weighted by Crippen LogP contribution is 2.33. The van der Waals surface area contributed by atoms with E-state index in [0.717, 1.165) is 57.8 Å². The van der Waals surface area contributed by atoms with Crippen molar-refractivity contribution in [3.63, 3.8) is 0 Å². The highest BCUT2D eigenvalue weighted by Gasteiger charge is 2.53. The molecule has 3 saturated heterocycles. The summed E-state index contributed by atoms with van der Waals surface area (Å²) in [6.07, 6.45) is 28.2. The highest BCUT2D eigenvalue weighted by molar-refractivity contribution is 5.76. The maximum atomic E-state index is 13.4. The molecule has 12 N–H and O–H groups in total. The number of aliphatic hydroxyl groups excluding tert-OH is 11. The monoisotopic (exact) mass is 1220 g/mol. The molecule has 3 aliphatic rings. The lowest BCUT2D eigenvalue weighted by molar-refractivity contribution is -0.379. The van der Waals surface area contributed by atoms with Gasteiger partial charge in [0.05, 0.1) is 38.6 Å². The number of hydrogen-bond donors (Lipinski definition) is 12. The smallest absolute Gasteiger partial charge is 0.220 e. The van der Waals surface area contributed by atoms with Gasteiger partial charge in [0, 0.05) is 6.42 Å². The summed E-state index contributed by atoms with van der Waals surface area (Å²) in [5, 5.41) is 120. The van der Waals surface area contributed by atoms with Gasteiger partial charge in [-0.25, -0.2) is 0 Å². The number of hydrogen-bond acceptors (Lipinski definition) is 18. The summed E-state index contributed by atoms with van der Waals surface area (Å²) in [5.41, 5.74) is 0. The van der Waals surface area contributed by atoms with Crippen molar-refractivity contribution >= 4 is 5.91 Å². The first kappa shape index (κ1) is 77.3. The Labute approximate surface area is 511 Å². The van der Waals surface area contributed by atoms with Crippen LogP contribution in [0.4, 0.5) is 0 Å². The van der Waals surface area contributed by atoms with Crippen LogP contribution in [-0.2, 0) is 33.2 Å². The van der Waals surface area contributed by atoms with Gasteiger partial charge >= 0.3 is 0 Å². The summed E-state index contributed by atoms with van der Waals surface area (Å²) in [4.78, 5) is 13.4. The van der Waals surface area contributed by atoms with Gasteiger partial charge in [-0.2, -0.15) is 0 Å². The number of ether oxygens (including phenoxy) is 6. The van der Waals surface area contributed by atoms with Gasteiger partial charge in [0.25, 0.3) is 0 Å². The minimum absolute atomic E-state index is 0.242. The predicted molar refractivity (Wildman–Crippen MR) is 328 cm³/mol. The van der Waals surface area contributed by atoms with Crippen LogP contribution in [0.1, 0.15) is 245 Å². The zero-order valence-electron chi connectivity index (χ0n) is 52.3. The van der Waals surface area contributed by atoms with E-state index in [-0.39, 0.29) is 18.9 Å². The molecule has 0 saturated carbocycles. The van der Waals surface area contributed by atoms with Gasteiger partial charge in [-0.1, -0.05) is 224 Å². The lowest BCUT2D eigenvalue weighted by Gasteiger charge is -2.48. The normalized spacial score (nSPS) is 29.2. The molecule has 0 radical (unpaired) electrons. The van der Waals surface area contributed by atoms with Crippen LogP contribution in [-0.4, -0.2) is 193 Å². The molecule has 0 aromatic carbocycles. The van der Waals surface area contributed by atoms with Gasteiger partial charge in [-0.3, -0.25) is 4.79 Å². The van der Waals surface area contributed by atoms with Crippen molar-refractivity contribution < 1.29 is 89.4 Å². The van der Waals surface area contributed by atoms with Gasteiger partial charge in [0.15, 0.2) is 18.9 Å². The van der Waals surface area contributed by atoms with Crippen molar-refractivity contribution in [2.75, 3.05) is 26.4 Å². The second-order valence-electron chi connectivity index (χ2n) is 24.3. The van der Waals surface area contributed by atoms with Crippen LogP contribution in [0.25, 0.3) is 0 Å². The molecule has 3 rings (SSSR count). The van der Waals surface area contributed by atoms with Gasteiger partial charge < -0.3 is 89.9 Å². The fraction of sp³-hybridized carbons (Fsp3) is 0.894. The molecule has 17 atom stereocenters. The van der Waals surface area contributed by atoms with E-state index in [4.69, 9.17) is 28.4 Å². The molecule has 3 fully saturated rings. The van der Waals surface area contributed by atoms with Gasteiger partial charge in [0.1, 0.15) is 73.2 Å². The molecule has 19 heteroatoms. The Balaban J connectivity index is 1.45. The molecule has 3 heterocycles. The van der Waals surface area contributed by atoms with E-state index in [2.05, 4.69) is 43.5 Å². The lowest BCUT2D eigenvalue weighted by atomic mass is 9.96. The maximum Gasteiger partial charge on any atom is 0.220 e. The minimum atomic E-state index is -1.98.